The maximum absolute atomic E-state index is 2.32. The van der Waals surface area contributed by atoms with E-state index in [1.807, 2.05) is 0 Å². The van der Waals surface area contributed by atoms with Gasteiger partial charge in [0.2, 0.25) is 0 Å². The molecule has 1 aliphatic carbocycles. The molecular formula is C15H18. The summed E-state index contributed by atoms with van der Waals surface area (Å²) in [5, 5.41) is 3.06. The summed E-state index contributed by atoms with van der Waals surface area (Å²) in [5.41, 5.74) is 5.96. The van der Waals surface area contributed by atoms with Crippen molar-refractivity contribution in [1.82, 2.24) is 0 Å². The first-order valence-electron chi connectivity index (χ1n) is 5.78. The van der Waals surface area contributed by atoms with Crippen LogP contribution >= 0.6 is 0 Å². The lowest BCUT2D eigenvalue weighted by molar-refractivity contribution is 0.807. The van der Waals surface area contributed by atoms with Crippen LogP contribution in [0.25, 0.3) is 10.8 Å². The van der Waals surface area contributed by atoms with E-state index in [2.05, 4.69) is 38.1 Å². The van der Waals surface area contributed by atoms with Crippen molar-refractivity contribution in [2.24, 2.45) is 0 Å². The normalized spacial score (nSPS) is 14.5. The van der Waals surface area contributed by atoms with Gasteiger partial charge in [-0.1, -0.05) is 24.3 Å². The smallest absolute Gasteiger partial charge is 0 e. The van der Waals surface area contributed by atoms with E-state index >= 15 is 0 Å². The molecule has 0 amide bonds. The quantitative estimate of drug-likeness (QED) is 0.595. The molecule has 0 radical (unpaired) electrons. The van der Waals surface area contributed by atoms with Gasteiger partial charge in [0.05, 0.1) is 0 Å². The predicted octanol–water partition coefficient (Wildman–Crippen LogP) is 4.19. The Morgan fingerprint density at radius 1 is 0.800 bits per heavy atom. The SMILES string of the molecule is Cc1ccc2c3c(ccc(C)c13)CCC2.[HH]. The Morgan fingerprint density at radius 2 is 1.33 bits per heavy atom. The molecule has 3 rings (SSSR count). The number of aryl methyl sites for hydroxylation is 4. The van der Waals surface area contributed by atoms with E-state index in [1.165, 1.54) is 35.8 Å². The molecule has 0 spiro atoms. The molecule has 0 heterocycles. The molecule has 0 fully saturated rings. The summed E-state index contributed by atoms with van der Waals surface area (Å²) in [6, 6.07) is 9.19. The lowest BCUT2D eigenvalue weighted by Gasteiger charge is -2.19. The topological polar surface area (TPSA) is 0 Å². The second-order valence-electron chi connectivity index (χ2n) is 4.69. The van der Waals surface area contributed by atoms with Gasteiger partial charge >= 0.3 is 0 Å². The summed E-state index contributed by atoms with van der Waals surface area (Å²) in [4.78, 5) is 0. The summed E-state index contributed by atoms with van der Waals surface area (Å²) in [7, 11) is 0. The van der Waals surface area contributed by atoms with Crippen LogP contribution in [0.4, 0.5) is 0 Å². The second kappa shape index (κ2) is 3.10. The van der Waals surface area contributed by atoms with Crippen LogP contribution in [0, 0.1) is 13.8 Å². The maximum Gasteiger partial charge on any atom is 0 e. The molecule has 0 saturated heterocycles. The number of rotatable bonds is 0. The second-order valence-corrected chi connectivity index (χ2v) is 4.69. The van der Waals surface area contributed by atoms with Crippen molar-refractivity contribution < 1.29 is 1.43 Å². The minimum absolute atomic E-state index is 0. The first-order chi connectivity index (χ1) is 7.27. The van der Waals surface area contributed by atoms with E-state index in [0.29, 0.717) is 0 Å². The van der Waals surface area contributed by atoms with Gasteiger partial charge in [-0.05, 0) is 66.1 Å². The summed E-state index contributed by atoms with van der Waals surface area (Å²) >= 11 is 0. The molecular weight excluding hydrogens is 180 g/mol. The highest BCUT2D eigenvalue weighted by Gasteiger charge is 2.14. The summed E-state index contributed by atoms with van der Waals surface area (Å²) < 4.78 is 0. The van der Waals surface area contributed by atoms with E-state index < -0.39 is 0 Å². The molecule has 0 saturated carbocycles. The zero-order chi connectivity index (χ0) is 10.4. The van der Waals surface area contributed by atoms with Crippen molar-refractivity contribution in [3.63, 3.8) is 0 Å². The van der Waals surface area contributed by atoms with Crippen molar-refractivity contribution in [3.05, 3.63) is 46.5 Å². The molecule has 0 nitrogen and oxygen atoms in total. The van der Waals surface area contributed by atoms with E-state index in [9.17, 15) is 0 Å². The molecule has 0 aromatic heterocycles. The van der Waals surface area contributed by atoms with Gasteiger partial charge in [0.25, 0.3) is 0 Å². The van der Waals surface area contributed by atoms with Gasteiger partial charge in [0.15, 0.2) is 0 Å². The van der Waals surface area contributed by atoms with Crippen LogP contribution in [-0.2, 0) is 12.8 Å². The summed E-state index contributed by atoms with van der Waals surface area (Å²) in [6.45, 7) is 4.45. The summed E-state index contributed by atoms with van der Waals surface area (Å²) in [5.74, 6) is 0. The van der Waals surface area contributed by atoms with Crippen LogP contribution < -0.4 is 0 Å². The Balaban J connectivity index is 0.000000963. The van der Waals surface area contributed by atoms with Gasteiger partial charge in [-0.25, -0.2) is 0 Å². The van der Waals surface area contributed by atoms with Crippen molar-refractivity contribution in [3.8, 4) is 0 Å². The Labute approximate surface area is 92.4 Å². The number of benzene rings is 2. The Kier molecular flexibility index (Phi) is 1.85. The largest absolute Gasteiger partial charge is 0.0584 e. The fourth-order valence-electron chi connectivity index (χ4n) is 2.90. The van der Waals surface area contributed by atoms with Crippen LogP contribution in [0.2, 0.25) is 0 Å². The minimum Gasteiger partial charge on any atom is -0.0584 e. The van der Waals surface area contributed by atoms with Crippen molar-refractivity contribution in [1.29, 1.82) is 0 Å². The molecule has 2 aromatic rings. The molecule has 0 unspecified atom stereocenters. The first kappa shape index (κ1) is 8.96. The Morgan fingerprint density at radius 3 is 1.87 bits per heavy atom. The number of hydrogen-bond donors (Lipinski definition) is 0. The first-order valence-corrected chi connectivity index (χ1v) is 5.78. The molecule has 0 aliphatic heterocycles. The van der Waals surface area contributed by atoms with Gasteiger partial charge in [0.1, 0.15) is 0 Å². The highest BCUT2D eigenvalue weighted by Crippen LogP contribution is 2.33. The maximum atomic E-state index is 2.32. The zero-order valence-electron chi connectivity index (χ0n) is 9.43. The van der Waals surface area contributed by atoms with Crippen LogP contribution in [0.3, 0.4) is 0 Å². The minimum atomic E-state index is 0. The van der Waals surface area contributed by atoms with Crippen molar-refractivity contribution in [2.45, 2.75) is 33.1 Å². The van der Waals surface area contributed by atoms with Gasteiger partial charge < -0.3 is 0 Å². The van der Waals surface area contributed by atoms with Crippen molar-refractivity contribution in [2.75, 3.05) is 0 Å². The number of hydrogen-bond acceptors (Lipinski definition) is 0. The zero-order valence-corrected chi connectivity index (χ0v) is 9.43. The van der Waals surface area contributed by atoms with Gasteiger partial charge in [-0.2, -0.15) is 0 Å². The third-order valence-electron chi connectivity index (χ3n) is 3.64. The third-order valence-corrected chi connectivity index (χ3v) is 3.64. The monoisotopic (exact) mass is 198 g/mol. The van der Waals surface area contributed by atoms with E-state index in [4.69, 9.17) is 0 Å². The third kappa shape index (κ3) is 1.21. The molecule has 0 bridgehead atoms. The average molecular weight is 198 g/mol. The van der Waals surface area contributed by atoms with Crippen molar-refractivity contribution >= 4 is 10.8 Å². The van der Waals surface area contributed by atoms with Gasteiger partial charge in [0, 0.05) is 1.43 Å². The summed E-state index contributed by atoms with van der Waals surface area (Å²) in [6.07, 6.45) is 3.83. The average Bonchev–Trinajstić information content (AvgIpc) is 2.25. The molecule has 0 atom stereocenters. The van der Waals surface area contributed by atoms with Crippen LogP contribution in [0.1, 0.15) is 30.1 Å². The van der Waals surface area contributed by atoms with Gasteiger partial charge in [-0.15, -0.1) is 0 Å². The molecule has 2 aromatic carbocycles. The van der Waals surface area contributed by atoms with Crippen LogP contribution in [0.15, 0.2) is 24.3 Å². The molecule has 15 heavy (non-hydrogen) atoms. The van der Waals surface area contributed by atoms with E-state index in [0.717, 1.165) is 0 Å². The fourth-order valence-corrected chi connectivity index (χ4v) is 2.90. The Hall–Kier alpha value is -1.30. The lowest BCUT2D eigenvalue weighted by atomic mass is 9.85. The highest BCUT2D eigenvalue weighted by molar-refractivity contribution is 5.94. The highest BCUT2D eigenvalue weighted by atomic mass is 14.2. The molecule has 1 aliphatic rings. The molecule has 78 valence electrons. The molecule has 0 heteroatoms. The van der Waals surface area contributed by atoms with Crippen LogP contribution in [-0.4, -0.2) is 0 Å². The molecule has 0 N–H and O–H groups in total. The standard InChI is InChI=1S/C15H16.H2/c1-10-6-8-12-4-3-5-13-9-7-11(2)14(10)15(12)13;/h6-9H,3-5H2,1-2H3;1H. The van der Waals surface area contributed by atoms with Gasteiger partial charge in [-0.3, -0.25) is 0 Å². The lowest BCUT2D eigenvalue weighted by Crippen LogP contribution is -2.02. The van der Waals surface area contributed by atoms with E-state index in [-0.39, 0.29) is 1.43 Å². The predicted molar refractivity (Wildman–Crippen MR) is 67.6 cm³/mol. The fraction of sp³-hybridized carbons (Fsp3) is 0.333. The van der Waals surface area contributed by atoms with Crippen LogP contribution in [0.5, 0.6) is 0 Å². The van der Waals surface area contributed by atoms with E-state index in [1.54, 1.807) is 16.5 Å². The Bertz CT molecular complexity index is 496.